The molecule has 64 valence electrons. The van der Waals surface area contributed by atoms with Crippen LogP contribution in [-0.2, 0) is 0 Å². The van der Waals surface area contributed by atoms with Crippen molar-refractivity contribution in [2.45, 2.75) is 13.8 Å². The molecule has 0 fully saturated rings. The van der Waals surface area contributed by atoms with Crippen LogP contribution in [-0.4, -0.2) is 0 Å². The van der Waals surface area contributed by atoms with Gasteiger partial charge < -0.3 is 5.73 Å². The maximum atomic E-state index is 13.1. The molecule has 1 aromatic carbocycles. The fourth-order valence-corrected chi connectivity index (χ4v) is 0.971. The van der Waals surface area contributed by atoms with Crippen LogP contribution in [0.5, 0.6) is 0 Å². The van der Waals surface area contributed by atoms with Crippen LogP contribution >= 0.6 is 0 Å². The molecule has 1 aromatic rings. The van der Waals surface area contributed by atoms with Gasteiger partial charge in [-0.25, -0.2) is 4.39 Å². The van der Waals surface area contributed by atoms with Crippen molar-refractivity contribution in [2.75, 3.05) is 5.73 Å². The number of anilines is 1. The highest BCUT2D eigenvalue weighted by Gasteiger charge is 1.98. The first-order chi connectivity index (χ1) is 5.59. The predicted molar refractivity (Wildman–Crippen MR) is 50.1 cm³/mol. The summed E-state index contributed by atoms with van der Waals surface area (Å²) >= 11 is 0. The van der Waals surface area contributed by atoms with Crippen molar-refractivity contribution >= 4 is 11.8 Å². The van der Waals surface area contributed by atoms with Crippen molar-refractivity contribution in [1.82, 2.24) is 0 Å². The first-order valence-electron chi connectivity index (χ1n) is 3.79. The quantitative estimate of drug-likeness (QED) is 0.636. The van der Waals surface area contributed by atoms with Crippen LogP contribution in [0.15, 0.2) is 23.8 Å². The van der Waals surface area contributed by atoms with Gasteiger partial charge >= 0.3 is 0 Å². The Kier molecular flexibility index (Phi) is 2.48. The van der Waals surface area contributed by atoms with E-state index in [0.29, 0.717) is 11.3 Å². The normalized spacial score (nSPS) is 9.58. The minimum Gasteiger partial charge on any atom is -0.399 e. The van der Waals surface area contributed by atoms with Gasteiger partial charge in [-0.3, -0.25) is 0 Å². The molecule has 0 aliphatic rings. The van der Waals surface area contributed by atoms with E-state index in [9.17, 15) is 4.39 Å². The second kappa shape index (κ2) is 3.39. The summed E-state index contributed by atoms with van der Waals surface area (Å²) in [6.07, 6.45) is 1.79. The van der Waals surface area contributed by atoms with Gasteiger partial charge in [0.1, 0.15) is 5.82 Å². The molecule has 1 nitrogen and oxygen atoms in total. The van der Waals surface area contributed by atoms with Crippen molar-refractivity contribution in [3.63, 3.8) is 0 Å². The van der Waals surface area contributed by atoms with E-state index in [1.807, 2.05) is 13.8 Å². The summed E-state index contributed by atoms with van der Waals surface area (Å²) in [6, 6.07) is 4.70. The zero-order valence-electron chi connectivity index (χ0n) is 7.26. The van der Waals surface area contributed by atoms with Crippen LogP contribution in [0.4, 0.5) is 10.1 Å². The predicted octanol–water partition coefficient (Wildman–Crippen LogP) is 2.83. The third-order valence-electron chi connectivity index (χ3n) is 1.47. The van der Waals surface area contributed by atoms with E-state index in [1.54, 1.807) is 18.2 Å². The van der Waals surface area contributed by atoms with Crippen molar-refractivity contribution in [3.8, 4) is 0 Å². The lowest BCUT2D eigenvalue weighted by Crippen LogP contribution is -1.88. The largest absolute Gasteiger partial charge is 0.399 e. The Morgan fingerprint density at radius 3 is 2.58 bits per heavy atom. The van der Waals surface area contributed by atoms with Crippen LogP contribution in [0.25, 0.3) is 6.08 Å². The van der Waals surface area contributed by atoms with Gasteiger partial charge in [0.15, 0.2) is 0 Å². The summed E-state index contributed by atoms with van der Waals surface area (Å²) in [6.45, 7) is 3.85. The summed E-state index contributed by atoms with van der Waals surface area (Å²) in [5.41, 5.74) is 7.51. The number of nitrogens with two attached hydrogens (primary N) is 1. The molecule has 0 heterocycles. The van der Waals surface area contributed by atoms with Gasteiger partial charge in [0.2, 0.25) is 0 Å². The number of hydrogen-bond donors (Lipinski definition) is 1. The Hall–Kier alpha value is -1.31. The lowest BCUT2D eigenvalue weighted by Gasteiger charge is -1.98. The molecule has 0 amide bonds. The van der Waals surface area contributed by atoms with Gasteiger partial charge in [0, 0.05) is 11.3 Å². The Morgan fingerprint density at radius 1 is 1.42 bits per heavy atom. The number of nitrogen functional groups attached to an aromatic ring is 1. The maximum Gasteiger partial charge on any atom is 0.132 e. The van der Waals surface area contributed by atoms with Gasteiger partial charge in [-0.05, 0) is 26.0 Å². The van der Waals surface area contributed by atoms with Crippen molar-refractivity contribution in [1.29, 1.82) is 0 Å². The van der Waals surface area contributed by atoms with Crippen LogP contribution in [0, 0.1) is 5.82 Å². The molecule has 0 aromatic heterocycles. The molecule has 0 aliphatic heterocycles. The fourth-order valence-electron chi connectivity index (χ4n) is 0.971. The van der Waals surface area contributed by atoms with Crippen molar-refractivity contribution in [2.24, 2.45) is 0 Å². The van der Waals surface area contributed by atoms with E-state index in [-0.39, 0.29) is 5.82 Å². The number of hydrogen-bond acceptors (Lipinski definition) is 1. The Bertz CT molecular complexity index is 312. The molecular weight excluding hydrogens is 153 g/mol. The average Bonchev–Trinajstić information content (AvgIpc) is 1.94. The van der Waals surface area contributed by atoms with E-state index >= 15 is 0 Å². The Balaban J connectivity index is 3.10. The third-order valence-corrected chi connectivity index (χ3v) is 1.47. The molecule has 0 spiro atoms. The van der Waals surface area contributed by atoms with Crippen molar-refractivity contribution in [3.05, 3.63) is 35.2 Å². The van der Waals surface area contributed by atoms with E-state index in [1.165, 1.54) is 6.07 Å². The van der Waals surface area contributed by atoms with Crippen LogP contribution in [0.2, 0.25) is 0 Å². The molecule has 12 heavy (non-hydrogen) atoms. The molecule has 0 unspecified atom stereocenters. The average molecular weight is 165 g/mol. The van der Waals surface area contributed by atoms with Gasteiger partial charge in [-0.1, -0.05) is 17.7 Å². The fraction of sp³-hybridized carbons (Fsp3) is 0.200. The lowest BCUT2D eigenvalue weighted by atomic mass is 10.1. The highest BCUT2D eigenvalue weighted by atomic mass is 19.1. The molecule has 2 N–H and O–H groups in total. The minimum absolute atomic E-state index is 0.267. The SMILES string of the molecule is CC(C)=Cc1ccc(N)cc1F. The van der Waals surface area contributed by atoms with Crippen LogP contribution in [0.3, 0.4) is 0 Å². The van der Waals surface area contributed by atoms with E-state index in [0.717, 1.165) is 5.57 Å². The zero-order valence-corrected chi connectivity index (χ0v) is 7.26. The van der Waals surface area contributed by atoms with Gasteiger partial charge in [-0.15, -0.1) is 0 Å². The van der Waals surface area contributed by atoms with E-state index < -0.39 is 0 Å². The van der Waals surface area contributed by atoms with Gasteiger partial charge in [0.05, 0.1) is 0 Å². The molecule has 2 heteroatoms. The van der Waals surface area contributed by atoms with Crippen LogP contribution in [0.1, 0.15) is 19.4 Å². The number of rotatable bonds is 1. The molecule has 0 atom stereocenters. The number of allylic oxidation sites excluding steroid dienone is 1. The Labute approximate surface area is 71.7 Å². The highest BCUT2D eigenvalue weighted by Crippen LogP contribution is 2.14. The Morgan fingerprint density at radius 2 is 2.08 bits per heavy atom. The minimum atomic E-state index is -0.267. The molecular formula is C10H12FN. The summed E-state index contributed by atoms with van der Waals surface area (Å²) in [5, 5.41) is 0. The zero-order chi connectivity index (χ0) is 9.14. The molecule has 0 bridgehead atoms. The lowest BCUT2D eigenvalue weighted by molar-refractivity contribution is 0.625. The van der Waals surface area contributed by atoms with Crippen LogP contribution < -0.4 is 5.73 Å². The number of halogens is 1. The molecule has 0 saturated carbocycles. The first-order valence-corrected chi connectivity index (χ1v) is 3.79. The molecule has 0 aliphatic carbocycles. The molecule has 0 saturated heterocycles. The first kappa shape index (κ1) is 8.78. The van der Waals surface area contributed by atoms with E-state index in [4.69, 9.17) is 5.73 Å². The standard InChI is InChI=1S/C10H12FN/c1-7(2)5-8-3-4-9(12)6-10(8)11/h3-6H,12H2,1-2H3. The van der Waals surface area contributed by atoms with Gasteiger partial charge in [-0.2, -0.15) is 0 Å². The summed E-state index contributed by atoms with van der Waals surface area (Å²) < 4.78 is 13.1. The molecule has 1 rings (SSSR count). The highest BCUT2D eigenvalue weighted by molar-refractivity contribution is 5.56. The van der Waals surface area contributed by atoms with Gasteiger partial charge in [0.25, 0.3) is 0 Å². The topological polar surface area (TPSA) is 26.0 Å². The monoisotopic (exact) mass is 165 g/mol. The summed E-state index contributed by atoms with van der Waals surface area (Å²) in [7, 11) is 0. The third kappa shape index (κ3) is 2.09. The van der Waals surface area contributed by atoms with E-state index in [2.05, 4.69) is 0 Å². The number of benzene rings is 1. The van der Waals surface area contributed by atoms with Crippen molar-refractivity contribution < 1.29 is 4.39 Å². The summed E-state index contributed by atoms with van der Waals surface area (Å²) in [5.74, 6) is -0.267. The summed E-state index contributed by atoms with van der Waals surface area (Å²) in [4.78, 5) is 0. The molecule has 0 radical (unpaired) electrons. The second-order valence-electron chi connectivity index (χ2n) is 3.00. The second-order valence-corrected chi connectivity index (χ2v) is 3.00. The maximum absolute atomic E-state index is 13.1. The smallest absolute Gasteiger partial charge is 0.132 e.